The first-order valence-electron chi connectivity index (χ1n) is 13.1. The van der Waals surface area contributed by atoms with E-state index in [-0.39, 0.29) is 18.1 Å². The van der Waals surface area contributed by atoms with Crippen LogP contribution in [0.5, 0.6) is 0 Å². The molecular weight excluding hydrogens is 426 g/mol. The second-order valence-electron chi connectivity index (χ2n) is 11.7. The number of rotatable bonds is 4. The van der Waals surface area contributed by atoms with Crippen LogP contribution >= 0.6 is 0 Å². The number of amides is 2. The van der Waals surface area contributed by atoms with Crippen molar-refractivity contribution in [3.63, 3.8) is 0 Å². The highest BCUT2D eigenvalue weighted by molar-refractivity contribution is 5.87. The number of ether oxygens (including phenoxy) is 1. The molecule has 1 aromatic heterocycles. The SMILES string of the molecule is Cc1ccc2c3c([nH]c2c1)C(C1CC1)N(C(=O)C1CCC(CNC(=O)OC(C)(C)C)CC1)CC3. The molecule has 2 amide bonds. The lowest BCUT2D eigenvalue weighted by molar-refractivity contribution is -0.140. The van der Waals surface area contributed by atoms with Crippen molar-refractivity contribution in [2.45, 2.75) is 84.3 Å². The predicted molar refractivity (Wildman–Crippen MR) is 134 cm³/mol. The fraction of sp³-hybridized carbons (Fsp3) is 0.643. The molecule has 0 saturated heterocycles. The van der Waals surface area contributed by atoms with Crippen molar-refractivity contribution in [2.75, 3.05) is 13.1 Å². The van der Waals surface area contributed by atoms with E-state index in [0.717, 1.165) is 38.6 Å². The van der Waals surface area contributed by atoms with Gasteiger partial charge in [-0.3, -0.25) is 4.79 Å². The zero-order valence-electron chi connectivity index (χ0n) is 21.1. The Kier molecular flexibility index (Phi) is 6.11. The van der Waals surface area contributed by atoms with Gasteiger partial charge >= 0.3 is 6.09 Å². The van der Waals surface area contributed by atoms with Crippen LogP contribution in [0, 0.1) is 24.7 Å². The summed E-state index contributed by atoms with van der Waals surface area (Å²) in [5, 5.41) is 4.24. The maximum Gasteiger partial charge on any atom is 0.407 e. The van der Waals surface area contributed by atoms with Crippen molar-refractivity contribution in [2.24, 2.45) is 17.8 Å². The molecule has 2 fully saturated rings. The van der Waals surface area contributed by atoms with E-state index in [9.17, 15) is 9.59 Å². The molecule has 0 bridgehead atoms. The van der Waals surface area contributed by atoms with Gasteiger partial charge in [-0.25, -0.2) is 4.79 Å². The largest absolute Gasteiger partial charge is 0.444 e. The average molecular weight is 466 g/mol. The molecule has 1 aromatic carbocycles. The van der Waals surface area contributed by atoms with Gasteiger partial charge in [0.1, 0.15) is 5.60 Å². The molecule has 184 valence electrons. The zero-order valence-corrected chi connectivity index (χ0v) is 21.1. The number of alkyl carbamates (subject to hydrolysis) is 1. The van der Waals surface area contributed by atoms with E-state index in [1.54, 1.807) is 0 Å². The molecule has 2 aliphatic carbocycles. The Bertz CT molecular complexity index is 1070. The molecule has 3 aliphatic rings. The first kappa shape index (κ1) is 23.3. The summed E-state index contributed by atoms with van der Waals surface area (Å²) in [6.45, 7) is 9.21. The topological polar surface area (TPSA) is 74.4 Å². The van der Waals surface area contributed by atoms with Crippen LogP contribution in [0.25, 0.3) is 10.9 Å². The smallest absolute Gasteiger partial charge is 0.407 e. The quantitative estimate of drug-likeness (QED) is 0.613. The average Bonchev–Trinajstić information content (AvgIpc) is 3.56. The second kappa shape index (κ2) is 8.94. The fourth-order valence-corrected chi connectivity index (χ4v) is 5.98. The van der Waals surface area contributed by atoms with Crippen molar-refractivity contribution in [1.29, 1.82) is 0 Å². The van der Waals surface area contributed by atoms with Gasteiger partial charge in [0.15, 0.2) is 0 Å². The van der Waals surface area contributed by atoms with Crippen LogP contribution in [-0.2, 0) is 16.0 Å². The molecule has 6 heteroatoms. The third-order valence-corrected chi connectivity index (χ3v) is 7.81. The van der Waals surface area contributed by atoms with Crippen molar-refractivity contribution in [1.82, 2.24) is 15.2 Å². The van der Waals surface area contributed by atoms with Gasteiger partial charge in [-0.05, 0) is 102 Å². The Hall–Kier alpha value is -2.50. The van der Waals surface area contributed by atoms with Crippen LogP contribution in [0.3, 0.4) is 0 Å². The maximum atomic E-state index is 13.7. The number of hydrogen-bond donors (Lipinski definition) is 2. The summed E-state index contributed by atoms with van der Waals surface area (Å²) in [6, 6.07) is 6.87. The Morgan fingerprint density at radius 3 is 2.53 bits per heavy atom. The number of aryl methyl sites for hydroxylation is 1. The summed E-state index contributed by atoms with van der Waals surface area (Å²) in [4.78, 5) is 31.6. The minimum Gasteiger partial charge on any atom is -0.444 e. The van der Waals surface area contributed by atoms with E-state index >= 15 is 0 Å². The minimum atomic E-state index is -0.482. The normalized spacial score (nSPS) is 25.2. The van der Waals surface area contributed by atoms with Crippen molar-refractivity contribution in [3.8, 4) is 0 Å². The molecular formula is C28H39N3O3. The molecule has 5 rings (SSSR count). The van der Waals surface area contributed by atoms with Crippen LogP contribution in [0.4, 0.5) is 4.79 Å². The number of aromatic amines is 1. The molecule has 2 N–H and O–H groups in total. The molecule has 2 heterocycles. The van der Waals surface area contributed by atoms with Crippen LogP contribution in [0.15, 0.2) is 18.2 Å². The maximum absolute atomic E-state index is 13.7. The molecule has 34 heavy (non-hydrogen) atoms. The Morgan fingerprint density at radius 2 is 1.85 bits per heavy atom. The minimum absolute atomic E-state index is 0.104. The van der Waals surface area contributed by atoms with Gasteiger partial charge in [-0.2, -0.15) is 0 Å². The van der Waals surface area contributed by atoms with E-state index in [0.29, 0.717) is 24.3 Å². The molecule has 1 aliphatic heterocycles. The van der Waals surface area contributed by atoms with Crippen LogP contribution in [-0.4, -0.2) is 40.6 Å². The summed E-state index contributed by atoms with van der Waals surface area (Å²) in [5.41, 5.74) is 4.71. The standard InChI is InChI=1S/C28H39N3O3/c1-17-5-12-21-22-13-14-31(25(19-10-11-19)24(22)30-23(21)15-17)26(32)20-8-6-18(7-9-20)16-29-27(33)34-28(2,3)4/h5,12,15,18-20,25,30H,6-11,13-14,16H2,1-4H3,(H,29,33). The summed E-state index contributed by atoms with van der Waals surface area (Å²) in [6.07, 6.45) is 6.78. The lowest BCUT2D eigenvalue weighted by Gasteiger charge is -2.39. The van der Waals surface area contributed by atoms with E-state index in [4.69, 9.17) is 4.74 Å². The number of hydrogen-bond acceptors (Lipinski definition) is 3. The number of fused-ring (bicyclic) bond motifs is 3. The van der Waals surface area contributed by atoms with E-state index in [1.807, 2.05) is 20.8 Å². The molecule has 2 saturated carbocycles. The monoisotopic (exact) mass is 465 g/mol. The third kappa shape index (κ3) is 4.82. The van der Waals surface area contributed by atoms with Gasteiger partial charge in [-0.1, -0.05) is 12.1 Å². The Balaban J connectivity index is 1.22. The first-order chi connectivity index (χ1) is 16.2. The lowest BCUT2D eigenvalue weighted by Crippen LogP contribution is -2.45. The number of aromatic nitrogens is 1. The molecule has 2 aromatic rings. The lowest BCUT2D eigenvalue weighted by atomic mass is 9.80. The molecule has 6 nitrogen and oxygen atoms in total. The summed E-state index contributed by atoms with van der Waals surface area (Å²) in [5.74, 6) is 1.45. The highest BCUT2D eigenvalue weighted by Gasteiger charge is 2.44. The number of benzene rings is 1. The number of nitrogens with one attached hydrogen (secondary N) is 2. The predicted octanol–water partition coefficient (Wildman–Crippen LogP) is 5.64. The van der Waals surface area contributed by atoms with Gasteiger partial charge in [-0.15, -0.1) is 0 Å². The van der Waals surface area contributed by atoms with Crippen molar-refractivity contribution >= 4 is 22.9 Å². The third-order valence-electron chi connectivity index (χ3n) is 7.81. The van der Waals surface area contributed by atoms with Gasteiger partial charge in [0.25, 0.3) is 0 Å². The zero-order chi connectivity index (χ0) is 24.0. The fourth-order valence-electron chi connectivity index (χ4n) is 5.98. The summed E-state index contributed by atoms with van der Waals surface area (Å²) >= 11 is 0. The van der Waals surface area contributed by atoms with Gasteiger partial charge < -0.3 is 19.9 Å². The van der Waals surface area contributed by atoms with Crippen LogP contribution in [0.2, 0.25) is 0 Å². The van der Waals surface area contributed by atoms with Crippen molar-refractivity contribution in [3.05, 3.63) is 35.0 Å². The van der Waals surface area contributed by atoms with Crippen LogP contribution < -0.4 is 5.32 Å². The molecule has 0 radical (unpaired) electrons. The van der Waals surface area contributed by atoms with Gasteiger partial charge in [0.05, 0.1) is 6.04 Å². The Morgan fingerprint density at radius 1 is 1.12 bits per heavy atom. The van der Waals surface area contributed by atoms with Gasteiger partial charge in [0, 0.05) is 35.6 Å². The Labute approximate surface area is 202 Å². The van der Waals surface area contributed by atoms with Crippen molar-refractivity contribution < 1.29 is 14.3 Å². The molecule has 0 spiro atoms. The number of nitrogens with zero attached hydrogens (tertiary/aromatic N) is 1. The van der Waals surface area contributed by atoms with Gasteiger partial charge in [0.2, 0.25) is 5.91 Å². The molecule has 1 atom stereocenters. The molecule has 1 unspecified atom stereocenters. The second-order valence-corrected chi connectivity index (χ2v) is 11.7. The summed E-state index contributed by atoms with van der Waals surface area (Å²) in [7, 11) is 0. The van der Waals surface area contributed by atoms with Crippen LogP contribution in [0.1, 0.15) is 82.2 Å². The first-order valence-corrected chi connectivity index (χ1v) is 13.1. The number of H-pyrrole nitrogens is 1. The number of carbonyl (C=O) groups excluding carboxylic acids is 2. The number of carbonyl (C=O) groups is 2. The highest BCUT2D eigenvalue weighted by atomic mass is 16.6. The van der Waals surface area contributed by atoms with E-state index in [1.165, 1.54) is 40.6 Å². The highest BCUT2D eigenvalue weighted by Crippen LogP contribution is 2.49. The summed E-state index contributed by atoms with van der Waals surface area (Å²) < 4.78 is 5.35. The van der Waals surface area contributed by atoms with E-state index < -0.39 is 5.60 Å². The van der Waals surface area contributed by atoms with E-state index in [2.05, 4.69) is 40.3 Å².